The van der Waals surface area contributed by atoms with Crippen LogP contribution in [-0.2, 0) is 4.79 Å². The van der Waals surface area contributed by atoms with E-state index in [1.807, 2.05) is 6.07 Å². The van der Waals surface area contributed by atoms with E-state index in [0.29, 0.717) is 18.3 Å². The van der Waals surface area contributed by atoms with Gasteiger partial charge in [0.2, 0.25) is 11.9 Å². The number of anilines is 1. The summed E-state index contributed by atoms with van der Waals surface area (Å²) in [7, 11) is 0. The summed E-state index contributed by atoms with van der Waals surface area (Å²) in [5.74, 6) is 2.18. The number of halogens is 3. The Morgan fingerprint density at radius 3 is 2.38 bits per heavy atom. The van der Waals surface area contributed by atoms with E-state index in [1.54, 1.807) is 12.4 Å². The Morgan fingerprint density at radius 1 is 1.14 bits per heavy atom. The third kappa shape index (κ3) is 9.22. The third-order valence-corrected chi connectivity index (χ3v) is 5.65. The molecule has 0 aliphatic carbocycles. The fourth-order valence-electron chi connectivity index (χ4n) is 3.92. The number of hydrogen-bond donors (Lipinski definition) is 2. The monoisotopic (exact) mass is 468 g/mol. The molecule has 3 heterocycles. The van der Waals surface area contributed by atoms with Crippen molar-refractivity contribution >= 4 is 49.1 Å². The van der Waals surface area contributed by atoms with Gasteiger partial charge in [-0.25, -0.2) is 9.97 Å². The van der Waals surface area contributed by atoms with Gasteiger partial charge in [-0.2, -0.15) is 0 Å². The topological polar surface area (TPSA) is 73.4 Å². The van der Waals surface area contributed by atoms with Gasteiger partial charge in [-0.05, 0) is 43.8 Å². The van der Waals surface area contributed by atoms with E-state index in [4.69, 9.17) is 0 Å². The van der Waals surface area contributed by atoms with Crippen molar-refractivity contribution in [3.05, 3.63) is 18.5 Å². The maximum absolute atomic E-state index is 12.2. The Kier molecular flexibility index (Phi) is 14.6. The van der Waals surface area contributed by atoms with Gasteiger partial charge in [-0.1, -0.05) is 6.92 Å². The molecule has 0 aromatic carbocycles. The Labute approximate surface area is 193 Å². The van der Waals surface area contributed by atoms with Crippen molar-refractivity contribution in [2.75, 3.05) is 57.3 Å². The van der Waals surface area contributed by atoms with Gasteiger partial charge >= 0.3 is 0 Å². The average Bonchev–Trinajstić information content (AvgIpc) is 2.70. The number of hydrogen-bond acceptors (Lipinski definition) is 6. The molecule has 168 valence electrons. The van der Waals surface area contributed by atoms with Crippen LogP contribution in [0.25, 0.3) is 0 Å². The molecule has 1 aromatic heterocycles. The van der Waals surface area contributed by atoms with Gasteiger partial charge < -0.3 is 15.5 Å². The van der Waals surface area contributed by atoms with E-state index >= 15 is 0 Å². The van der Waals surface area contributed by atoms with Crippen LogP contribution in [0.15, 0.2) is 18.5 Å². The second-order valence-electron chi connectivity index (χ2n) is 7.50. The number of carbonyl (C=O) groups is 1. The number of nitrogens with one attached hydrogen (secondary N) is 2. The second kappa shape index (κ2) is 15.0. The first-order valence-electron chi connectivity index (χ1n) is 9.94. The molecule has 29 heavy (non-hydrogen) atoms. The minimum atomic E-state index is 0. The molecule has 0 bridgehead atoms. The molecule has 7 nitrogen and oxygen atoms in total. The van der Waals surface area contributed by atoms with E-state index in [-0.39, 0.29) is 43.1 Å². The van der Waals surface area contributed by atoms with Gasteiger partial charge in [0, 0.05) is 58.1 Å². The van der Waals surface area contributed by atoms with Crippen molar-refractivity contribution < 1.29 is 4.79 Å². The van der Waals surface area contributed by atoms with Gasteiger partial charge in [0.05, 0.1) is 0 Å². The van der Waals surface area contributed by atoms with Crippen LogP contribution in [0.3, 0.4) is 0 Å². The van der Waals surface area contributed by atoms with E-state index in [2.05, 4.69) is 37.3 Å². The quantitative estimate of drug-likeness (QED) is 0.636. The minimum Gasteiger partial charge on any atom is -0.355 e. The summed E-state index contributed by atoms with van der Waals surface area (Å²) < 4.78 is 0. The van der Waals surface area contributed by atoms with Gasteiger partial charge in [-0.15, -0.1) is 37.2 Å². The Balaban J connectivity index is 0.00000261. The van der Waals surface area contributed by atoms with Crippen molar-refractivity contribution in [2.45, 2.75) is 26.2 Å². The summed E-state index contributed by atoms with van der Waals surface area (Å²) in [6.45, 7) is 9.90. The van der Waals surface area contributed by atoms with Crippen LogP contribution in [0.4, 0.5) is 5.95 Å². The number of rotatable bonds is 7. The highest BCUT2D eigenvalue weighted by Gasteiger charge is 2.22. The van der Waals surface area contributed by atoms with Crippen LogP contribution in [0.1, 0.15) is 26.2 Å². The summed E-state index contributed by atoms with van der Waals surface area (Å²) in [4.78, 5) is 25.5. The predicted molar refractivity (Wildman–Crippen MR) is 125 cm³/mol. The lowest BCUT2D eigenvalue weighted by atomic mass is 9.84. The Hall–Kier alpha value is -0.860. The van der Waals surface area contributed by atoms with Crippen LogP contribution in [0, 0.1) is 11.8 Å². The lowest BCUT2D eigenvalue weighted by Gasteiger charge is -2.34. The SMILES string of the molecule is CC(CC(=O)NCCN1CCN(c2ncccn2)CC1)C1CCNCC1.Cl.Cl.Cl. The van der Waals surface area contributed by atoms with Crippen LogP contribution < -0.4 is 15.5 Å². The first-order valence-corrected chi connectivity index (χ1v) is 9.94. The fourth-order valence-corrected chi connectivity index (χ4v) is 3.92. The highest BCUT2D eigenvalue weighted by Crippen LogP contribution is 2.24. The standard InChI is InChI=1S/C19H32N6O.3ClH/c1-16(17-3-7-20-8-4-17)15-18(26)21-9-10-24-11-13-25(14-12-24)19-22-5-2-6-23-19;;;/h2,5-6,16-17,20H,3-4,7-15H2,1H3,(H,21,26);3*1H. The number of nitrogens with zero attached hydrogens (tertiary/aromatic N) is 4. The molecule has 1 atom stereocenters. The molecule has 0 saturated carbocycles. The van der Waals surface area contributed by atoms with Gasteiger partial charge in [0.1, 0.15) is 0 Å². The molecule has 0 radical (unpaired) electrons. The molecule has 2 saturated heterocycles. The minimum absolute atomic E-state index is 0. The summed E-state index contributed by atoms with van der Waals surface area (Å²) in [6.07, 6.45) is 6.63. The maximum Gasteiger partial charge on any atom is 0.225 e. The van der Waals surface area contributed by atoms with Gasteiger partial charge in [0.15, 0.2) is 0 Å². The first kappa shape index (κ1) is 28.1. The number of piperazine rings is 1. The lowest BCUT2D eigenvalue weighted by Crippen LogP contribution is -2.49. The predicted octanol–water partition coefficient (Wildman–Crippen LogP) is 2.01. The molecule has 2 aliphatic rings. The van der Waals surface area contributed by atoms with Crippen molar-refractivity contribution in [3.63, 3.8) is 0 Å². The largest absolute Gasteiger partial charge is 0.355 e. The third-order valence-electron chi connectivity index (χ3n) is 5.65. The van der Waals surface area contributed by atoms with Gasteiger partial charge in [0.25, 0.3) is 0 Å². The van der Waals surface area contributed by atoms with E-state index in [0.717, 1.165) is 58.3 Å². The van der Waals surface area contributed by atoms with Crippen molar-refractivity contribution in [1.82, 2.24) is 25.5 Å². The number of amides is 1. The van der Waals surface area contributed by atoms with Crippen LogP contribution in [0.5, 0.6) is 0 Å². The smallest absolute Gasteiger partial charge is 0.225 e. The molecule has 1 aromatic rings. The van der Waals surface area contributed by atoms with Crippen molar-refractivity contribution in [3.8, 4) is 0 Å². The molecule has 2 N–H and O–H groups in total. The molecule has 3 rings (SSSR count). The Morgan fingerprint density at radius 2 is 1.76 bits per heavy atom. The van der Waals surface area contributed by atoms with E-state index in [9.17, 15) is 4.79 Å². The molecule has 10 heteroatoms. The van der Waals surface area contributed by atoms with Crippen LogP contribution >= 0.6 is 37.2 Å². The van der Waals surface area contributed by atoms with Gasteiger partial charge in [-0.3, -0.25) is 9.69 Å². The Bertz CT molecular complexity index is 554. The zero-order valence-corrected chi connectivity index (χ0v) is 19.5. The van der Waals surface area contributed by atoms with E-state index < -0.39 is 0 Å². The molecule has 2 aliphatic heterocycles. The molecule has 1 unspecified atom stereocenters. The highest BCUT2D eigenvalue weighted by molar-refractivity contribution is 5.86. The first-order chi connectivity index (χ1) is 12.7. The zero-order valence-electron chi connectivity index (χ0n) is 17.1. The molecular formula is C19H35Cl3N6O. The number of carbonyl (C=O) groups excluding carboxylic acids is 1. The number of aromatic nitrogens is 2. The number of piperidine rings is 1. The maximum atomic E-state index is 12.2. The summed E-state index contributed by atoms with van der Waals surface area (Å²) in [6, 6.07) is 1.84. The second-order valence-corrected chi connectivity index (χ2v) is 7.50. The molecular weight excluding hydrogens is 435 g/mol. The van der Waals surface area contributed by atoms with Crippen molar-refractivity contribution in [2.24, 2.45) is 11.8 Å². The lowest BCUT2D eigenvalue weighted by molar-refractivity contribution is -0.122. The molecule has 0 spiro atoms. The normalized spacial score (nSPS) is 18.6. The fraction of sp³-hybridized carbons (Fsp3) is 0.737. The van der Waals surface area contributed by atoms with Crippen LogP contribution in [-0.4, -0.2) is 73.1 Å². The van der Waals surface area contributed by atoms with E-state index in [1.165, 1.54) is 12.8 Å². The molecule has 2 fully saturated rings. The van der Waals surface area contributed by atoms with Crippen molar-refractivity contribution in [1.29, 1.82) is 0 Å². The highest BCUT2D eigenvalue weighted by atomic mass is 35.5. The average molecular weight is 470 g/mol. The molecule has 1 amide bonds. The zero-order chi connectivity index (χ0) is 18.2. The summed E-state index contributed by atoms with van der Waals surface area (Å²) >= 11 is 0. The summed E-state index contributed by atoms with van der Waals surface area (Å²) in [5, 5.41) is 6.50. The summed E-state index contributed by atoms with van der Waals surface area (Å²) in [5.41, 5.74) is 0. The van der Waals surface area contributed by atoms with Crippen LogP contribution in [0.2, 0.25) is 0 Å².